The van der Waals surface area contributed by atoms with Crippen LogP contribution in [-0.4, -0.2) is 29.4 Å². The fourth-order valence-electron chi connectivity index (χ4n) is 3.73. The molecule has 4 nitrogen and oxygen atoms in total. The van der Waals surface area contributed by atoms with E-state index in [0.717, 1.165) is 37.2 Å². The van der Waals surface area contributed by atoms with Gasteiger partial charge in [-0.05, 0) is 37.1 Å². The van der Waals surface area contributed by atoms with E-state index in [4.69, 9.17) is 9.47 Å². The largest absolute Gasteiger partial charge is 0.494 e. The number of benzene rings is 1. The van der Waals surface area contributed by atoms with Crippen LogP contribution in [0.25, 0.3) is 11.4 Å². The monoisotopic (exact) mass is 458 g/mol. The van der Waals surface area contributed by atoms with Gasteiger partial charge in [0.1, 0.15) is 18.5 Å². The van der Waals surface area contributed by atoms with Gasteiger partial charge < -0.3 is 9.47 Å². The summed E-state index contributed by atoms with van der Waals surface area (Å²) in [5.74, 6) is 1.98. The number of aromatic nitrogens is 2. The zero-order valence-electron chi connectivity index (χ0n) is 20.7. The van der Waals surface area contributed by atoms with Crippen LogP contribution in [0.5, 0.6) is 11.5 Å². The Morgan fingerprint density at radius 2 is 1.27 bits per heavy atom. The zero-order chi connectivity index (χ0) is 23.6. The Hall–Kier alpha value is -2.17. The van der Waals surface area contributed by atoms with Crippen molar-refractivity contribution in [2.24, 2.45) is 0 Å². The minimum atomic E-state index is -0.945. The van der Waals surface area contributed by atoms with Gasteiger partial charge in [0.05, 0.1) is 19.0 Å². The van der Waals surface area contributed by atoms with Crippen molar-refractivity contribution in [2.75, 3.05) is 13.2 Å². The van der Waals surface area contributed by atoms with Gasteiger partial charge in [0.25, 0.3) is 0 Å². The molecule has 0 radical (unpaired) electrons. The Labute approximate surface area is 200 Å². The Bertz CT molecular complexity index is 722. The minimum Gasteiger partial charge on any atom is -0.494 e. The first-order valence-electron chi connectivity index (χ1n) is 13.0. The maximum absolute atomic E-state index is 14.1. The fourth-order valence-corrected chi connectivity index (χ4v) is 3.73. The molecule has 1 heterocycles. The highest BCUT2D eigenvalue weighted by Gasteiger charge is 2.09. The summed E-state index contributed by atoms with van der Waals surface area (Å²) in [6.07, 6.45) is 17.4. The van der Waals surface area contributed by atoms with Crippen LogP contribution in [0, 0.1) is 0 Å². The second-order valence-electron chi connectivity index (χ2n) is 8.85. The zero-order valence-corrected chi connectivity index (χ0v) is 20.7. The number of rotatable bonds is 19. The van der Waals surface area contributed by atoms with E-state index in [1.807, 2.05) is 24.3 Å². The molecule has 0 bridgehead atoms. The van der Waals surface area contributed by atoms with Gasteiger partial charge in [-0.3, -0.25) is 0 Å². The quantitative estimate of drug-likeness (QED) is 0.198. The Kier molecular flexibility index (Phi) is 14.2. The van der Waals surface area contributed by atoms with Crippen molar-refractivity contribution in [2.45, 2.75) is 103 Å². The summed E-state index contributed by atoms with van der Waals surface area (Å²) in [4.78, 5) is 8.74. The Morgan fingerprint density at radius 3 is 1.91 bits per heavy atom. The first-order valence-corrected chi connectivity index (χ1v) is 13.0. The smallest absolute Gasteiger partial charge is 0.159 e. The molecule has 0 amide bonds. The third kappa shape index (κ3) is 12.0. The standard InChI is InChI=1S/C28H43FN2O2/c1-3-5-7-9-10-11-12-13-15-25(29)23-33-27-21-30-28(31-22-27)24-16-18-26(19-17-24)32-20-14-8-6-4-2/h16-19,21-22,25H,3-15,20,23H2,1-2H3/t25-/m0/s1. The number of hydrogen-bond donors (Lipinski definition) is 0. The molecule has 2 rings (SSSR count). The first-order chi connectivity index (χ1) is 16.2. The molecule has 1 atom stereocenters. The molecule has 0 unspecified atom stereocenters. The molecule has 1 aromatic carbocycles. The number of unbranched alkanes of at least 4 members (excludes halogenated alkanes) is 10. The van der Waals surface area contributed by atoms with Crippen LogP contribution < -0.4 is 9.47 Å². The predicted octanol–water partition coefficient (Wildman–Crippen LogP) is 8.35. The van der Waals surface area contributed by atoms with Crippen molar-refractivity contribution in [3.05, 3.63) is 36.7 Å². The average Bonchev–Trinajstić information content (AvgIpc) is 2.85. The molecule has 0 saturated heterocycles. The van der Waals surface area contributed by atoms with Gasteiger partial charge in [0.15, 0.2) is 11.6 Å². The maximum atomic E-state index is 14.1. The van der Waals surface area contributed by atoms with E-state index < -0.39 is 6.17 Å². The molecule has 0 aliphatic rings. The van der Waals surface area contributed by atoms with Gasteiger partial charge in [-0.1, -0.05) is 84.5 Å². The summed E-state index contributed by atoms with van der Waals surface area (Å²) in [5, 5.41) is 0. The lowest BCUT2D eigenvalue weighted by Gasteiger charge is -2.10. The van der Waals surface area contributed by atoms with Gasteiger partial charge in [0, 0.05) is 5.56 Å². The number of hydrogen-bond acceptors (Lipinski definition) is 4. The van der Waals surface area contributed by atoms with Crippen LogP contribution in [0.4, 0.5) is 4.39 Å². The van der Waals surface area contributed by atoms with Crippen molar-refractivity contribution in [1.82, 2.24) is 9.97 Å². The van der Waals surface area contributed by atoms with E-state index >= 15 is 0 Å². The predicted molar refractivity (Wildman–Crippen MR) is 135 cm³/mol. The summed E-state index contributed by atoms with van der Waals surface area (Å²) >= 11 is 0. The Morgan fingerprint density at radius 1 is 0.697 bits per heavy atom. The lowest BCUT2D eigenvalue weighted by Crippen LogP contribution is -2.13. The van der Waals surface area contributed by atoms with Gasteiger partial charge in [-0.2, -0.15) is 0 Å². The highest BCUT2D eigenvalue weighted by Crippen LogP contribution is 2.21. The summed E-state index contributed by atoms with van der Waals surface area (Å²) in [5.41, 5.74) is 0.915. The molecule has 0 N–H and O–H groups in total. The third-order valence-electron chi connectivity index (χ3n) is 5.81. The van der Waals surface area contributed by atoms with Crippen LogP contribution >= 0.6 is 0 Å². The minimum absolute atomic E-state index is 0.0590. The summed E-state index contributed by atoms with van der Waals surface area (Å²) < 4.78 is 25.5. The van der Waals surface area contributed by atoms with Crippen molar-refractivity contribution < 1.29 is 13.9 Å². The highest BCUT2D eigenvalue weighted by molar-refractivity contribution is 5.56. The van der Waals surface area contributed by atoms with Crippen LogP contribution in [0.1, 0.15) is 97.3 Å². The van der Waals surface area contributed by atoms with Crippen LogP contribution in [0.3, 0.4) is 0 Å². The fraction of sp³-hybridized carbons (Fsp3) is 0.643. The normalized spacial score (nSPS) is 12.0. The van der Waals surface area contributed by atoms with E-state index in [2.05, 4.69) is 23.8 Å². The second kappa shape index (κ2) is 17.3. The summed E-state index contributed by atoms with van der Waals surface area (Å²) in [6.45, 7) is 5.24. The number of ether oxygens (including phenoxy) is 2. The second-order valence-corrected chi connectivity index (χ2v) is 8.85. The number of nitrogens with zero attached hydrogens (tertiary/aromatic N) is 2. The molecule has 184 valence electrons. The average molecular weight is 459 g/mol. The first kappa shape index (κ1) is 27.1. The molecule has 33 heavy (non-hydrogen) atoms. The molecular weight excluding hydrogens is 415 g/mol. The summed E-state index contributed by atoms with van der Waals surface area (Å²) in [6, 6.07) is 7.81. The van der Waals surface area contributed by atoms with Crippen molar-refractivity contribution >= 4 is 0 Å². The van der Waals surface area contributed by atoms with Gasteiger partial charge in [-0.15, -0.1) is 0 Å². The molecule has 0 fully saturated rings. The van der Waals surface area contributed by atoms with Crippen molar-refractivity contribution in [3.8, 4) is 22.9 Å². The van der Waals surface area contributed by atoms with Gasteiger partial charge >= 0.3 is 0 Å². The van der Waals surface area contributed by atoms with E-state index in [0.29, 0.717) is 18.0 Å². The maximum Gasteiger partial charge on any atom is 0.159 e. The van der Waals surface area contributed by atoms with Crippen molar-refractivity contribution in [1.29, 1.82) is 0 Å². The highest BCUT2D eigenvalue weighted by atomic mass is 19.1. The van der Waals surface area contributed by atoms with E-state index in [9.17, 15) is 4.39 Å². The molecule has 1 aromatic heterocycles. The molecule has 0 aliphatic heterocycles. The number of alkyl halides is 1. The molecule has 0 spiro atoms. The van der Waals surface area contributed by atoms with Crippen molar-refractivity contribution in [3.63, 3.8) is 0 Å². The van der Waals surface area contributed by atoms with Crippen LogP contribution in [0.15, 0.2) is 36.7 Å². The third-order valence-corrected chi connectivity index (χ3v) is 5.81. The molecular formula is C28H43FN2O2. The van der Waals surface area contributed by atoms with Crippen LogP contribution in [-0.2, 0) is 0 Å². The molecule has 0 aliphatic carbocycles. The Balaban J connectivity index is 1.63. The van der Waals surface area contributed by atoms with E-state index in [-0.39, 0.29) is 6.61 Å². The number of halogens is 1. The van der Waals surface area contributed by atoms with Crippen LogP contribution in [0.2, 0.25) is 0 Å². The summed E-state index contributed by atoms with van der Waals surface area (Å²) in [7, 11) is 0. The van der Waals surface area contributed by atoms with E-state index in [1.54, 1.807) is 12.4 Å². The topological polar surface area (TPSA) is 44.2 Å². The molecule has 2 aromatic rings. The SMILES string of the molecule is CCCCCCCCCC[C@H](F)COc1cnc(-c2ccc(OCCCCCC)cc2)nc1. The lowest BCUT2D eigenvalue weighted by molar-refractivity contribution is 0.183. The van der Waals surface area contributed by atoms with Gasteiger partial charge in [-0.25, -0.2) is 14.4 Å². The lowest BCUT2D eigenvalue weighted by atomic mass is 10.1. The molecule has 5 heteroatoms. The molecule has 0 saturated carbocycles. The van der Waals surface area contributed by atoms with E-state index in [1.165, 1.54) is 57.8 Å². The van der Waals surface area contributed by atoms with Gasteiger partial charge in [0.2, 0.25) is 0 Å².